The van der Waals surface area contributed by atoms with Gasteiger partial charge in [0.15, 0.2) is 5.69 Å². The SMILES string of the molecule is Cc1cc(C(=O)N2CCC(NS(=O)(=O)c3ccc(F)cc3)CC2)nn1-c1ccccc1. The largest absolute Gasteiger partial charge is 0.337 e. The Labute approximate surface area is 180 Å². The highest BCUT2D eigenvalue weighted by molar-refractivity contribution is 7.89. The third kappa shape index (κ3) is 4.67. The summed E-state index contributed by atoms with van der Waals surface area (Å²) >= 11 is 0. The van der Waals surface area contributed by atoms with E-state index in [1.807, 2.05) is 37.3 Å². The van der Waals surface area contributed by atoms with E-state index in [1.165, 1.54) is 12.1 Å². The zero-order valence-corrected chi connectivity index (χ0v) is 17.8. The van der Waals surface area contributed by atoms with Crippen molar-refractivity contribution in [2.45, 2.75) is 30.7 Å². The number of likely N-dealkylation sites (tertiary alicyclic amines) is 1. The minimum atomic E-state index is -3.74. The Morgan fingerprint density at radius 1 is 1.06 bits per heavy atom. The second kappa shape index (κ2) is 8.60. The van der Waals surface area contributed by atoms with Crippen LogP contribution in [0, 0.1) is 12.7 Å². The molecule has 1 amide bonds. The van der Waals surface area contributed by atoms with Crippen LogP contribution in [0.3, 0.4) is 0 Å². The number of benzene rings is 2. The second-order valence-corrected chi connectivity index (χ2v) is 9.27. The monoisotopic (exact) mass is 442 g/mol. The molecule has 1 saturated heterocycles. The number of hydrogen-bond donors (Lipinski definition) is 1. The van der Waals surface area contributed by atoms with Gasteiger partial charge in [-0.25, -0.2) is 22.2 Å². The van der Waals surface area contributed by atoms with Crippen molar-refractivity contribution in [3.8, 4) is 5.69 Å². The third-order valence-electron chi connectivity index (χ3n) is 5.34. The predicted molar refractivity (Wildman–Crippen MR) is 114 cm³/mol. The highest BCUT2D eigenvalue weighted by Gasteiger charge is 2.28. The maximum atomic E-state index is 13.1. The molecule has 2 aromatic carbocycles. The smallest absolute Gasteiger partial charge is 0.274 e. The van der Waals surface area contributed by atoms with E-state index in [0.717, 1.165) is 23.5 Å². The first-order valence-electron chi connectivity index (χ1n) is 10.0. The molecule has 7 nitrogen and oxygen atoms in total. The van der Waals surface area contributed by atoms with E-state index in [1.54, 1.807) is 15.6 Å². The van der Waals surface area contributed by atoms with Crippen LogP contribution >= 0.6 is 0 Å². The topological polar surface area (TPSA) is 84.3 Å². The summed E-state index contributed by atoms with van der Waals surface area (Å²) in [7, 11) is -3.74. The summed E-state index contributed by atoms with van der Waals surface area (Å²) in [5.74, 6) is -0.659. The summed E-state index contributed by atoms with van der Waals surface area (Å²) in [6.45, 7) is 2.74. The first-order valence-corrected chi connectivity index (χ1v) is 11.5. The summed E-state index contributed by atoms with van der Waals surface area (Å²) in [6.07, 6.45) is 0.981. The standard InChI is InChI=1S/C22H23FN4O3S/c1-16-15-21(24-27(16)19-5-3-2-4-6-19)22(28)26-13-11-18(12-14-26)25-31(29,30)20-9-7-17(23)8-10-20/h2-10,15,18,25H,11-14H2,1H3. The van der Waals surface area contributed by atoms with E-state index in [-0.39, 0.29) is 16.8 Å². The number of amides is 1. The maximum Gasteiger partial charge on any atom is 0.274 e. The number of para-hydroxylation sites is 1. The summed E-state index contributed by atoms with van der Waals surface area (Å²) in [4.78, 5) is 14.6. The molecule has 0 radical (unpaired) electrons. The predicted octanol–water partition coefficient (Wildman–Crippen LogP) is 2.90. The van der Waals surface area contributed by atoms with Crippen molar-refractivity contribution >= 4 is 15.9 Å². The molecule has 0 spiro atoms. The number of nitrogens with one attached hydrogen (secondary N) is 1. The number of sulfonamides is 1. The average Bonchev–Trinajstić information content (AvgIpc) is 3.16. The lowest BCUT2D eigenvalue weighted by Gasteiger charge is -2.31. The fraction of sp³-hybridized carbons (Fsp3) is 0.273. The molecule has 1 aliphatic rings. The molecular weight excluding hydrogens is 419 g/mol. The van der Waals surface area contributed by atoms with Crippen molar-refractivity contribution in [3.63, 3.8) is 0 Å². The third-order valence-corrected chi connectivity index (χ3v) is 6.87. The normalized spacial score (nSPS) is 15.2. The number of piperidine rings is 1. The highest BCUT2D eigenvalue weighted by Crippen LogP contribution is 2.18. The van der Waals surface area contributed by atoms with Crippen LogP contribution in [0.5, 0.6) is 0 Å². The molecule has 31 heavy (non-hydrogen) atoms. The first-order chi connectivity index (χ1) is 14.8. The minimum absolute atomic E-state index is 0.0225. The van der Waals surface area contributed by atoms with Gasteiger partial charge < -0.3 is 4.90 Å². The summed E-state index contributed by atoms with van der Waals surface area (Å²) < 4.78 is 42.4. The molecule has 1 aliphatic heterocycles. The lowest BCUT2D eigenvalue weighted by Crippen LogP contribution is -2.46. The van der Waals surface area contributed by atoms with Gasteiger partial charge >= 0.3 is 0 Å². The van der Waals surface area contributed by atoms with Gasteiger partial charge in [-0.15, -0.1) is 0 Å². The van der Waals surface area contributed by atoms with E-state index in [9.17, 15) is 17.6 Å². The molecule has 1 N–H and O–H groups in total. The fourth-order valence-electron chi connectivity index (χ4n) is 3.67. The maximum absolute atomic E-state index is 13.1. The molecule has 0 atom stereocenters. The van der Waals surface area contributed by atoms with Crippen molar-refractivity contribution in [1.29, 1.82) is 0 Å². The lowest BCUT2D eigenvalue weighted by molar-refractivity contribution is 0.0705. The second-order valence-electron chi connectivity index (χ2n) is 7.56. The molecule has 3 aromatic rings. The van der Waals surface area contributed by atoms with E-state index < -0.39 is 15.8 Å². The first kappa shape index (κ1) is 21.2. The molecule has 0 unspecified atom stereocenters. The molecule has 0 saturated carbocycles. The van der Waals surface area contributed by atoms with E-state index >= 15 is 0 Å². The van der Waals surface area contributed by atoms with Crippen LogP contribution in [0.1, 0.15) is 29.0 Å². The Kier molecular flexibility index (Phi) is 5.88. The van der Waals surface area contributed by atoms with Crippen molar-refractivity contribution < 1.29 is 17.6 Å². The fourth-order valence-corrected chi connectivity index (χ4v) is 4.98. The molecule has 162 valence electrons. The number of nitrogens with zero attached hydrogens (tertiary/aromatic N) is 3. The molecule has 0 aliphatic carbocycles. The van der Waals surface area contributed by atoms with Crippen LogP contribution in [0.25, 0.3) is 5.69 Å². The zero-order chi connectivity index (χ0) is 22.0. The Morgan fingerprint density at radius 2 is 1.71 bits per heavy atom. The van der Waals surface area contributed by atoms with Gasteiger partial charge in [-0.05, 0) is 62.2 Å². The zero-order valence-electron chi connectivity index (χ0n) is 17.0. The van der Waals surface area contributed by atoms with Crippen molar-refractivity contribution in [1.82, 2.24) is 19.4 Å². The van der Waals surface area contributed by atoms with Gasteiger partial charge in [-0.2, -0.15) is 5.10 Å². The summed E-state index contributed by atoms with van der Waals surface area (Å²) in [5, 5.41) is 4.46. The molecule has 1 aromatic heterocycles. The average molecular weight is 443 g/mol. The van der Waals surface area contributed by atoms with Crippen LogP contribution < -0.4 is 4.72 Å². The quantitative estimate of drug-likeness (QED) is 0.659. The van der Waals surface area contributed by atoms with Gasteiger partial charge in [0, 0.05) is 24.8 Å². The number of aromatic nitrogens is 2. The molecule has 4 rings (SSSR count). The van der Waals surface area contributed by atoms with Crippen LogP contribution in [0.2, 0.25) is 0 Å². The van der Waals surface area contributed by atoms with Crippen LogP contribution in [-0.4, -0.2) is 48.1 Å². The molecule has 9 heteroatoms. The summed E-state index contributed by atoms with van der Waals surface area (Å²) in [6, 6.07) is 15.8. The number of halogens is 1. The van der Waals surface area contributed by atoms with Gasteiger partial charge in [0.1, 0.15) is 5.82 Å². The van der Waals surface area contributed by atoms with E-state index in [4.69, 9.17) is 0 Å². The van der Waals surface area contributed by atoms with Gasteiger partial charge in [0.25, 0.3) is 5.91 Å². The Morgan fingerprint density at radius 3 is 2.35 bits per heavy atom. The minimum Gasteiger partial charge on any atom is -0.337 e. The Balaban J connectivity index is 1.39. The van der Waals surface area contributed by atoms with Gasteiger partial charge in [-0.3, -0.25) is 4.79 Å². The number of rotatable bonds is 5. The number of carbonyl (C=O) groups excluding carboxylic acids is 1. The summed E-state index contributed by atoms with van der Waals surface area (Å²) in [5.41, 5.74) is 2.11. The van der Waals surface area contributed by atoms with Crippen LogP contribution in [-0.2, 0) is 10.0 Å². The number of carbonyl (C=O) groups is 1. The van der Waals surface area contributed by atoms with Gasteiger partial charge in [0.2, 0.25) is 10.0 Å². The number of hydrogen-bond acceptors (Lipinski definition) is 4. The molecule has 2 heterocycles. The Hall–Kier alpha value is -3.04. The van der Waals surface area contributed by atoms with Crippen molar-refractivity contribution in [2.24, 2.45) is 0 Å². The highest BCUT2D eigenvalue weighted by atomic mass is 32.2. The van der Waals surface area contributed by atoms with Crippen LogP contribution in [0.4, 0.5) is 4.39 Å². The Bertz CT molecular complexity index is 1170. The molecule has 1 fully saturated rings. The lowest BCUT2D eigenvalue weighted by atomic mass is 10.1. The van der Waals surface area contributed by atoms with E-state index in [0.29, 0.717) is 31.6 Å². The van der Waals surface area contributed by atoms with Crippen LogP contribution in [0.15, 0.2) is 65.6 Å². The molecule has 0 bridgehead atoms. The van der Waals surface area contributed by atoms with E-state index in [2.05, 4.69) is 9.82 Å². The molecular formula is C22H23FN4O3S. The van der Waals surface area contributed by atoms with Gasteiger partial charge in [-0.1, -0.05) is 18.2 Å². The van der Waals surface area contributed by atoms with Crippen molar-refractivity contribution in [3.05, 3.63) is 77.9 Å². The van der Waals surface area contributed by atoms with Gasteiger partial charge in [0.05, 0.1) is 10.6 Å². The number of aryl methyl sites for hydroxylation is 1. The van der Waals surface area contributed by atoms with Crippen molar-refractivity contribution in [2.75, 3.05) is 13.1 Å².